The van der Waals surface area contributed by atoms with Crippen LogP contribution in [0.15, 0.2) is 87.5 Å². The van der Waals surface area contributed by atoms with Crippen molar-refractivity contribution in [1.82, 2.24) is 4.72 Å². The lowest BCUT2D eigenvalue weighted by atomic mass is 10.3. The van der Waals surface area contributed by atoms with Crippen LogP contribution in [0.4, 0.5) is 5.69 Å². The Morgan fingerprint density at radius 2 is 1.75 bits per heavy atom. The lowest BCUT2D eigenvalue weighted by Gasteiger charge is -2.17. The van der Waals surface area contributed by atoms with Gasteiger partial charge >= 0.3 is 0 Å². The number of amides is 1. The number of nitrogens with one attached hydrogen (secondary N) is 2. The van der Waals surface area contributed by atoms with Crippen molar-refractivity contribution in [2.45, 2.75) is 34.6 Å². The lowest BCUT2D eigenvalue weighted by molar-refractivity contribution is -0.117. The van der Waals surface area contributed by atoms with Crippen molar-refractivity contribution in [1.29, 1.82) is 0 Å². The Kier molecular flexibility index (Phi) is 8.20. The summed E-state index contributed by atoms with van der Waals surface area (Å²) in [6, 6.07) is 20.4. The molecule has 2 N–H and O–H groups in total. The Labute approximate surface area is 197 Å². The second-order valence-electron chi connectivity index (χ2n) is 6.77. The normalized spacial score (nSPS) is 12.2. The van der Waals surface area contributed by atoms with Crippen molar-refractivity contribution in [3.8, 4) is 5.75 Å². The summed E-state index contributed by atoms with van der Waals surface area (Å²) in [5.41, 5.74) is 0.593. The average Bonchev–Trinajstić information content (AvgIpc) is 2.77. The van der Waals surface area contributed by atoms with Crippen molar-refractivity contribution in [2.75, 3.05) is 11.9 Å². The molecule has 0 heterocycles. The number of carbonyl (C=O) groups is 1. The van der Waals surface area contributed by atoms with Crippen molar-refractivity contribution < 1.29 is 17.9 Å². The van der Waals surface area contributed by atoms with Crippen LogP contribution in [0.1, 0.15) is 13.8 Å². The maximum absolute atomic E-state index is 12.9. The summed E-state index contributed by atoms with van der Waals surface area (Å²) < 4.78 is 33.7. The molecule has 0 aliphatic heterocycles. The molecule has 0 radical (unpaired) electrons. The Balaban J connectivity index is 1.75. The first kappa shape index (κ1) is 24.1. The number of ether oxygens (including phenoxy) is 1. The Hall–Kier alpha value is -2.52. The average molecular weight is 491 g/mol. The van der Waals surface area contributed by atoms with Gasteiger partial charge in [0.2, 0.25) is 15.9 Å². The molecule has 1 unspecified atom stereocenters. The van der Waals surface area contributed by atoms with Gasteiger partial charge in [-0.25, -0.2) is 8.42 Å². The highest BCUT2D eigenvalue weighted by Gasteiger charge is 2.26. The molecule has 168 valence electrons. The summed E-state index contributed by atoms with van der Waals surface area (Å²) in [6.07, 6.45) is 0. The van der Waals surface area contributed by atoms with Gasteiger partial charge in [-0.1, -0.05) is 53.7 Å². The minimum absolute atomic E-state index is 0.119. The van der Waals surface area contributed by atoms with E-state index in [-0.39, 0.29) is 22.3 Å². The summed E-state index contributed by atoms with van der Waals surface area (Å²) in [7, 11) is -4.06. The molecular formula is C23H23ClN2O4S2. The zero-order valence-electron chi connectivity index (χ0n) is 17.5. The highest BCUT2D eigenvalue weighted by molar-refractivity contribution is 7.99. The van der Waals surface area contributed by atoms with Gasteiger partial charge in [0, 0.05) is 14.8 Å². The van der Waals surface area contributed by atoms with Gasteiger partial charge in [-0.15, -0.1) is 0 Å². The van der Waals surface area contributed by atoms with E-state index in [0.717, 1.165) is 9.79 Å². The van der Waals surface area contributed by atoms with Crippen LogP contribution in [0.2, 0.25) is 5.02 Å². The molecule has 0 spiro atoms. The van der Waals surface area contributed by atoms with Gasteiger partial charge in [-0.3, -0.25) is 4.79 Å². The van der Waals surface area contributed by atoms with Crippen LogP contribution in [0.25, 0.3) is 0 Å². The Morgan fingerprint density at radius 3 is 2.47 bits per heavy atom. The van der Waals surface area contributed by atoms with Crippen LogP contribution in [0.3, 0.4) is 0 Å². The predicted molar refractivity (Wildman–Crippen MR) is 128 cm³/mol. The number of carbonyl (C=O) groups excluding carboxylic acids is 1. The molecular weight excluding hydrogens is 468 g/mol. The van der Waals surface area contributed by atoms with E-state index in [0.29, 0.717) is 5.69 Å². The quantitative estimate of drug-likeness (QED) is 0.431. The highest BCUT2D eigenvalue weighted by Crippen LogP contribution is 2.33. The molecule has 3 aromatic carbocycles. The van der Waals surface area contributed by atoms with E-state index in [1.54, 1.807) is 25.1 Å². The third-order valence-corrected chi connectivity index (χ3v) is 7.22. The molecule has 32 heavy (non-hydrogen) atoms. The van der Waals surface area contributed by atoms with Gasteiger partial charge in [-0.05, 0) is 56.3 Å². The minimum atomic E-state index is -4.06. The maximum Gasteiger partial charge on any atom is 0.245 e. The van der Waals surface area contributed by atoms with Crippen LogP contribution in [0.5, 0.6) is 5.75 Å². The first-order valence-corrected chi connectivity index (χ1v) is 12.6. The first-order valence-electron chi connectivity index (χ1n) is 9.87. The van der Waals surface area contributed by atoms with Crippen molar-refractivity contribution in [3.63, 3.8) is 0 Å². The number of hydrogen-bond donors (Lipinski definition) is 2. The van der Waals surface area contributed by atoms with Crippen molar-refractivity contribution in [2.24, 2.45) is 0 Å². The second kappa shape index (κ2) is 10.9. The largest absolute Gasteiger partial charge is 0.492 e. The molecule has 1 amide bonds. The summed E-state index contributed by atoms with van der Waals surface area (Å²) in [5, 5.41) is 3.06. The minimum Gasteiger partial charge on any atom is -0.492 e. The number of anilines is 1. The fourth-order valence-electron chi connectivity index (χ4n) is 2.83. The number of hydrogen-bond acceptors (Lipinski definition) is 5. The van der Waals surface area contributed by atoms with E-state index in [1.807, 2.05) is 42.5 Å². The summed E-state index contributed by atoms with van der Waals surface area (Å²) in [6.45, 7) is 3.51. The molecule has 9 heteroatoms. The highest BCUT2D eigenvalue weighted by atomic mass is 35.5. The van der Waals surface area contributed by atoms with Gasteiger partial charge in [0.25, 0.3) is 0 Å². The first-order chi connectivity index (χ1) is 15.3. The monoisotopic (exact) mass is 490 g/mol. The smallest absolute Gasteiger partial charge is 0.245 e. The summed E-state index contributed by atoms with van der Waals surface area (Å²) in [4.78, 5) is 14.5. The molecule has 6 nitrogen and oxygen atoms in total. The van der Waals surface area contributed by atoms with Crippen molar-refractivity contribution in [3.05, 3.63) is 77.8 Å². The molecule has 3 aromatic rings. The number of rotatable bonds is 9. The number of sulfonamides is 1. The molecule has 0 fully saturated rings. The lowest BCUT2D eigenvalue weighted by Crippen LogP contribution is -2.41. The zero-order chi connectivity index (χ0) is 23.1. The van der Waals surface area contributed by atoms with Gasteiger partial charge in [0.05, 0.1) is 18.3 Å². The van der Waals surface area contributed by atoms with E-state index in [4.69, 9.17) is 16.3 Å². The van der Waals surface area contributed by atoms with E-state index >= 15 is 0 Å². The topological polar surface area (TPSA) is 84.5 Å². The molecule has 0 aromatic heterocycles. The fourth-order valence-corrected chi connectivity index (χ4v) is 5.36. The van der Waals surface area contributed by atoms with Crippen molar-refractivity contribution >= 4 is 45.0 Å². The molecule has 0 aliphatic carbocycles. The fraction of sp³-hybridized carbons (Fsp3) is 0.174. The van der Waals surface area contributed by atoms with Crippen LogP contribution in [0, 0.1) is 0 Å². The summed E-state index contributed by atoms with van der Waals surface area (Å²) in [5.74, 6) is -0.323. The SMILES string of the molecule is CCOc1ccc(Cl)cc1S(=O)(=O)NC(C)C(=O)Nc1ccccc1Sc1ccccc1. The molecule has 3 rings (SSSR count). The van der Waals surface area contributed by atoms with E-state index < -0.39 is 22.0 Å². The molecule has 0 saturated heterocycles. The van der Waals surface area contributed by atoms with Gasteiger partial charge in [0.15, 0.2) is 0 Å². The second-order valence-corrected chi connectivity index (χ2v) is 10.0. The predicted octanol–water partition coefficient (Wildman–Crippen LogP) is 5.20. The third-order valence-electron chi connectivity index (χ3n) is 4.34. The molecule has 0 saturated carbocycles. The summed E-state index contributed by atoms with van der Waals surface area (Å²) >= 11 is 7.49. The number of benzene rings is 3. The van der Waals surface area contributed by atoms with E-state index in [9.17, 15) is 13.2 Å². The van der Waals surface area contributed by atoms with Crippen LogP contribution in [-0.2, 0) is 14.8 Å². The standard InChI is InChI=1S/C23H23ClN2O4S2/c1-3-30-20-14-13-17(24)15-22(20)32(28,29)26-16(2)23(27)25-19-11-7-8-12-21(19)31-18-9-5-4-6-10-18/h4-16,26H,3H2,1-2H3,(H,25,27). The van der Waals surface area contributed by atoms with Crippen LogP contribution >= 0.6 is 23.4 Å². The van der Waals surface area contributed by atoms with Crippen LogP contribution < -0.4 is 14.8 Å². The Bertz CT molecular complexity index is 1190. The number of para-hydroxylation sites is 1. The van der Waals surface area contributed by atoms with Crippen LogP contribution in [-0.4, -0.2) is 27.0 Å². The van der Waals surface area contributed by atoms with Gasteiger partial charge in [-0.2, -0.15) is 4.72 Å². The van der Waals surface area contributed by atoms with Gasteiger partial charge < -0.3 is 10.1 Å². The van der Waals surface area contributed by atoms with Gasteiger partial charge in [0.1, 0.15) is 10.6 Å². The number of halogens is 1. The van der Waals surface area contributed by atoms with E-state index in [2.05, 4.69) is 10.0 Å². The Morgan fingerprint density at radius 1 is 1.06 bits per heavy atom. The molecule has 0 bridgehead atoms. The molecule has 1 atom stereocenters. The van der Waals surface area contributed by atoms with E-state index in [1.165, 1.54) is 30.8 Å². The zero-order valence-corrected chi connectivity index (χ0v) is 19.9. The maximum atomic E-state index is 12.9. The third kappa shape index (κ3) is 6.26. The molecule has 0 aliphatic rings.